The van der Waals surface area contributed by atoms with Crippen LogP contribution in [0.5, 0.6) is 0 Å². The van der Waals surface area contributed by atoms with Gasteiger partial charge in [-0.25, -0.2) is 0 Å². The van der Waals surface area contributed by atoms with Crippen LogP contribution in [0.15, 0.2) is 48.8 Å². The number of benzene rings is 1. The molecule has 0 spiro atoms. The third-order valence-electron chi connectivity index (χ3n) is 2.78. The van der Waals surface area contributed by atoms with Gasteiger partial charge in [-0.3, -0.25) is 4.98 Å². The molecule has 1 heterocycles. The minimum absolute atomic E-state index is 0.293. The zero-order valence-corrected chi connectivity index (χ0v) is 9.91. The summed E-state index contributed by atoms with van der Waals surface area (Å²) in [6, 6.07) is 11.7. The Morgan fingerprint density at radius 3 is 2.38 bits per heavy atom. The van der Waals surface area contributed by atoms with E-state index in [1.807, 2.05) is 42.6 Å². The summed E-state index contributed by atoms with van der Waals surface area (Å²) in [4.78, 5) is 4.13. The fourth-order valence-electron chi connectivity index (χ4n) is 1.67. The van der Waals surface area contributed by atoms with E-state index in [1.54, 1.807) is 6.20 Å². The Morgan fingerprint density at radius 2 is 1.81 bits per heavy atom. The maximum Gasteiger partial charge on any atom is 0.0406 e. The highest BCUT2D eigenvalue weighted by molar-refractivity contribution is 6.30. The highest BCUT2D eigenvalue weighted by Crippen LogP contribution is 2.30. The summed E-state index contributed by atoms with van der Waals surface area (Å²) in [6.07, 6.45) is 3.61. The fourth-order valence-corrected chi connectivity index (χ4v) is 1.80. The lowest BCUT2D eigenvalue weighted by Gasteiger charge is -2.25. The summed E-state index contributed by atoms with van der Waals surface area (Å²) in [5.74, 6) is 0. The van der Waals surface area contributed by atoms with Crippen LogP contribution < -0.4 is 0 Å². The van der Waals surface area contributed by atoms with Crippen molar-refractivity contribution in [2.45, 2.75) is 12.3 Å². The monoisotopic (exact) mass is 230 g/mol. The number of aromatic nitrogens is 1. The Morgan fingerprint density at radius 1 is 1.12 bits per heavy atom. The third-order valence-corrected chi connectivity index (χ3v) is 3.03. The van der Waals surface area contributed by atoms with E-state index in [1.165, 1.54) is 0 Å². The Kier molecular flexibility index (Phi) is 2.97. The van der Waals surface area contributed by atoms with E-state index in [9.17, 15) is 0 Å². The zero-order valence-electron chi connectivity index (χ0n) is 9.15. The summed E-state index contributed by atoms with van der Waals surface area (Å²) in [5, 5.41) is 0.741. The number of hydrogen-bond donors (Lipinski definition) is 0. The van der Waals surface area contributed by atoms with Gasteiger partial charge in [0.1, 0.15) is 0 Å². The summed E-state index contributed by atoms with van der Waals surface area (Å²) in [5.41, 5.74) is 1.93. The van der Waals surface area contributed by atoms with Crippen LogP contribution in [0.3, 0.4) is 0 Å². The van der Waals surface area contributed by atoms with Crippen molar-refractivity contribution in [3.05, 3.63) is 71.9 Å². The molecule has 0 saturated carbocycles. The van der Waals surface area contributed by atoms with Crippen LogP contribution >= 0.6 is 11.6 Å². The van der Waals surface area contributed by atoms with Gasteiger partial charge in [-0.05, 0) is 36.2 Å². The molecular weight excluding hydrogens is 218 g/mol. The molecule has 0 amide bonds. The molecule has 1 unspecified atom stereocenters. The molecule has 0 fully saturated rings. The van der Waals surface area contributed by atoms with E-state index in [0.29, 0.717) is 0 Å². The molecule has 2 heteroatoms. The molecule has 2 aromatic rings. The number of halogens is 1. The van der Waals surface area contributed by atoms with E-state index in [0.717, 1.165) is 16.1 Å². The Bertz CT molecular complexity index is 460. The third kappa shape index (κ3) is 2.10. The van der Waals surface area contributed by atoms with Gasteiger partial charge in [0.25, 0.3) is 0 Å². The predicted molar refractivity (Wildman–Crippen MR) is 67.5 cm³/mol. The standard InChI is InChI=1S/C14H13ClN/c1-14(2,12-4-3-9-16-10-12)11-5-7-13(15)8-6-11/h3-10H,1H2,2H3. The predicted octanol–water partition coefficient (Wildman–Crippen LogP) is 3.88. The van der Waals surface area contributed by atoms with Crippen molar-refractivity contribution in [1.29, 1.82) is 0 Å². The number of rotatable bonds is 2. The smallest absolute Gasteiger partial charge is 0.0406 e. The van der Waals surface area contributed by atoms with Gasteiger partial charge in [0.15, 0.2) is 0 Å². The molecule has 0 aliphatic carbocycles. The Hall–Kier alpha value is -1.34. The Labute approximate surface area is 101 Å². The van der Waals surface area contributed by atoms with Crippen molar-refractivity contribution in [1.82, 2.24) is 4.98 Å². The van der Waals surface area contributed by atoms with Crippen LogP contribution in [0.1, 0.15) is 18.1 Å². The van der Waals surface area contributed by atoms with E-state index in [-0.39, 0.29) is 5.41 Å². The largest absolute Gasteiger partial charge is 0.264 e. The van der Waals surface area contributed by atoms with Gasteiger partial charge < -0.3 is 0 Å². The van der Waals surface area contributed by atoms with E-state index < -0.39 is 0 Å². The van der Waals surface area contributed by atoms with Crippen molar-refractivity contribution in [3.63, 3.8) is 0 Å². The molecule has 81 valence electrons. The van der Waals surface area contributed by atoms with Gasteiger partial charge in [0, 0.05) is 22.8 Å². The molecule has 1 aromatic heterocycles. The molecule has 1 nitrogen and oxygen atoms in total. The molecule has 0 aliphatic heterocycles. The molecule has 0 bridgehead atoms. The van der Waals surface area contributed by atoms with Gasteiger partial charge in [-0.1, -0.05) is 36.7 Å². The second-order valence-electron chi connectivity index (χ2n) is 4.08. The van der Waals surface area contributed by atoms with Gasteiger partial charge in [-0.2, -0.15) is 0 Å². The van der Waals surface area contributed by atoms with Crippen molar-refractivity contribution >= 4 is 11.6 Å². The van der Waals surface area contributed by atoms with E-state index in [2.05, 4.69) is 18.8 Å². The normalized spacial score (nSPS) is 11.4. The minimum atomic E-state index is -0.293. The maximum atomic E-state index is 5.88. The van der Waals surface area contributed by atoms with Crippen LogP contribution in [-0.2, 0) is 5.41 Å². The molecule has 0 aliphatic rings. The zero-order chi connectivity index (χ0) is 11.6. The first-order valence-corrected chi connectivity index (χ1v) is 5.50. The lowest BCUT2D eigenvalue weighted by Crippen LogP contribution is -2.19. The number of hydrogen-bond acceptors (Lipinski definition) is 1. The Balaban J connectivity index is 2.43. The van der Waals surface area contributed by atoms with Crippen LogP contribution in [-0.4, -0.2) is 4.98 Å². The first-order chi connectivity index (χ1) is 7.60. The lowest BCUT2D eigenvalue weighted by molar-refractivity contribution is 0.714. The maximum absolute atomic E-state index is 5.88. The van der Waals surface area contributed by atoms with E-state index >= 15 is 0 Å². The van der Waals surface area contributed by atoms with Gasteiger partial charge in [0.05, 0.1) is 0 Å². The quantitative estimate of drug-likeness (QED) is 0.763. The highest BCUT2D eigenvalue weighted by Gasteiger charge is 2.22. The van der Waals surface area contributed by atoms with Gasteiger partial charge in [0.2, 0.25) is 0 Å². The van der Waals surface area contributed by atoms with Gasteiger partial charge >= 0.3 is 0 Å². The first kappa shape index (κ1) is 11.2. The summed E-state index contributed by atoms with van der Waals surface area (Å²) >= 11 is 5.88. The summed E-state index contributed by atoms with van der Waals surface area (Å²) in [7, 11) is 0. The second kappa shape index (κ2) is 4.26. The summed E-state index contributed by atoms with van der Waals surface area (Å²) in [6.45, 7) is 6.33. The van der Waals surface area contributed by atoms with Crippen LogP contribution in [0.2, 0.25) is 5.02 Å². The first-order valence-electron chi connectivity index (χ1n) is 5.12. The fraction of sp³-hybridized carbons (Fsp3) is 0.143. The van der Waals surface area contributed by atoms with Crippen LogP contribution in [0.25, 0.3) is 0 Å². The molecule has 2 rings (SSSR count). The lowest BCUT2D eigenvalue weighted by atomic mass is 9.79. The van der Waals surface area contributed by atoms with Crippen molar-refractivity contribution in [3.8, 4) is 0 Å². The molecular formula is C14H13ClN. The molecule has 1 aromatic carbocycles. The van der Waals surface area contributed by atoms with Crippen LogP contribution in [0.4, 0.5) is 0 Å². The highest BCUT2D eigenvalue weighted by atomic mass is 35.5. The van der Waals surface area contributed by atoms with Crippen molar-refractivity contribution < 1.29 is 0 Å². The molecule has 1 radical (unpaired) electrons. The van der Waals surface area contributed by atoms with Crippen molar-refractivity contribution in [2.24, 2.45) is 0 Å². The van der Waals surface area contributed by atoms with E-state index in [4.69, 9.17) is 11.6 Å². The molecule has 1 atom stereocenters. The van der Waals surface area contributed by atoms with Gasteiger partial charge in [-0.15, -0.1) is 0 Å². The number of pyridine rings is 1. The molecule has 0 N–H and O–H groups in total. The molecule has 0 saturated heterocycles. The molecule has 16 heavy (non-hydrogen) atoms. The summed E-state index contributed by atoms with van der Waals surface area (Å²) < 4.78 is 0. The second-order valence-corrected chi connectivity index (χ2v) is 4.52. The average molecular weight is 231 g/mol. The van der Waals surface area contributed by atoms with Crippen LogP contribution in [0, 0.1) is 6.92 Å². The van der Waals surface area contributed by atoms with Crippen molar-refractivity contribution in [2.75, 3.05) is 0 Å². The SMILES string of the molecule is [CH2]C(C)(c1ccc(Cl)cc1)c1cccnc1. The number of nitrogens with zero attached hydrogens (tertiary/aromatic N) is 1. The topological polar surface area (TPSA) is 12.9 Å². The minimum Gasteiger partial charge on any atom is -0.264 e. The average Bonchev–Trinajstić information content (AvgIpc) is 2.31.